The topological polar surface area (TPSA) is 38.8 Å². The summed E-state index contributed by atoms with van der Waals surface area (Å²) in [6.07, 6.45) is 4.70. The van der Waals surface area contributed by atoms with Crippen LogP contribution in [0, 0.1) is 5.92 Å². The molecule has 0 bridgehead atoms. The summed E-state index contributed by atoms with van der Waals surface area (Å²) in [4.78, 5) is 11.8. The molecule has 0 aromatic rings. The Morgan fingerprint density at radius 2 is 2.16 bits per heavy atom. The van der Waals surface area contributed by atoms with Crippen molar-refractivity contribution < 1.29 is 14.3 Å². The zero-order valence-corrected chi connectivity index (χ0v) is 11.6. The standard InChI is InChI=1S/C16H20O3/c1-9-6-5-7-16(4)14(19-16)13-12(8-10(9)2)11(3)15(17)18-13/h6,12-14H,2-3,5,7-8H2,1,4H3/t12-,13-,14+,16+/m0/s1. The van der Waals surface area contributed by atoms with Crippen molar-refractivity contribution in [2.24, 2.45) is 5.92 Å². The molecule has 4 atom stereocenters. The number of hydrogen-bond acceptors (Lipinski definition) is 3. The predicted octanol–water partition coefficient (Wildman–Crippen LogP) is 2.93. The van der Waals surface area contributed by atoms with Gasteiger partial charge >= 0.3 is 5.97 Å². The largest absolute Gasteiger partial charge is 0.455 e. The minimum Gasteiger partial charge on any atom is -0.455 e. The van der Waals surface area contributed by atoms with Crippen molar-refractivity contribution in [2.75, 3.05) is 0 Å². The highest BCUT2D eigenvalue weighted by Crippen LogP contribution is 2.50. The van der Waals surface area contributed by atoms with Crippen LogP contribution in [-0.2, 0) is 14.3 Å². The van der Waals surface area contributed by atoms with Gasteiger partial charge in [-0.1, -0.05) is 30.4 Å². The predicted molar refractivity (Wildman–Crippen MR) is 72.5 cm³/mol. The highest BCUT2D eigenvalue weighted by molar-refractivity contribution is 5.91. The van der Waals surface area contributed by atoms with E-state index in [2.05, 4.69) is 33.1 Å². The van der Waals surface area contributed by atoms with Crippen molar-refractivity contribution in [1.29, 1.82) is 0 Å². The van der Waals surface area contributed by atoms with Gasteiger partial charge in [0.1, 0.15) is 12.2 Å². The van der Waals surface area contributed by atoms with Crippen LogP contribution in [0.15, 0.2) is 36.0 Å². The third-order valence-corrected chi connectivity index (χ3v) is 4.70. The first-order valence-electron chi connectivity index (χ1n) is 6.85. The molecule has 102 valence electrons. The Balaban J connectivity index is 1.93. The number of hydrogen-bond donors (Lipinski definition) is 0. The van der Waals surface area contributed by atoms with E-state index in [0.29, 0.717) is 5.57 Å². The Bertz CT molecular complexity index is 502. The Kier molecular flexibility index (Phi) is 2.72. The third-order valence-electron chi connectivity index (χ3n) is 4.70. The van der Waals surface area contributed by atoms with Gasteiger partial charge in [0, 0.05) is 11.5 Å². The van der Waals surface area contributed by atoms with Gasteiger partial charge in [-0.3, -0.25) is 0 Å². The Morgan fingerprint density at radius 1 is 1.42 bits per heavy atom. The summed E-state index contributed by atoms with van der Waals surface area (Å²) in [6.45, 7) is 12.2. The average Bonchev–Trinajstić information content (AvgIpc) is 2.95. The van der Waals surface area contributed by atoms with E-state index in [1.54, 1.807) is 0 Å². The number of allylic oxidation sites excluding steroid dienone is 3. The van der Waals surface area contributed by atoms with Crippen LogP contribution < -0.4 is 0 Å². The third kappa shape index (κ3) is 1.96. The molecule has 3 nitrogen and oxygen atoms in total. The zero-order valence-electron chi connectivity index (χ0n) is 11.6. The molecule has 2 heterocycles. The van der Waals surface area contributed by atoms with Crippen LogP contribution in [0.1, 0.15) is 33.1 Å². The molecule has 0 amide bonds. The second kappa shape index (κ2) is 4.07. The van der Waals surface area contributed by atoms with E-state index >= 15 is 0 Å². The van der Waals surface area contributed by atoms with Gasteiger partial charge in [0.05, 0.1) is 5.60 Å². The Labute approximate surface area is 114 Å². The zero-order chi connectivity index (χ0) is 13.8. The molecule has 0 radical (unpaired) electrons. The summed E-state index contributed by atoms with van der Waals surface area (Å²) in [5.74, 6) is -0.269. The lowest BCUT2D eigenvalue weighted by atomic mass is 9.82. The summed E-state index contributed by atoms with van der Waals surface area (Å²) in [6, 6.07) is 0. The van der Waals surface area contributed by atoms with Gasteiger partial charge in [0.25, 0.3) is 0 Å². The van der Waals surface area contributed by atoms with E-state index in [-0.39, 0.29) is 29.7 Å². The molecule has 3 heteroatoms. The molecule has 19 heavy (non-hydrogen) atoms. The molecule has 0 spiro atoms. The second-order valence-electron chi connectivity index (χ2n) is 6.09. The number of rotatable bonds is 0. The van der Waals surface area contributed by atoms with Crippen LogP contribution >= 0.6 is 0 Å². The fourth-order valence-electron chi connectivity index (χ4n) is 3.16. The second-order valence-corrected chi connectivity index (χ2v) is 6.09. The van der Waals surface area contributed by atoms with Gasteiger partial charge in [0.15, 0.2) is 0 Å². The number of ether oxygens (including phenoxy) is 2. The fourth-order valence-corrected chi connectivity index (χ4v) is 3.16. The average molecular weight is 260 g/mol. The van der Waals surface area contributed by atoms with Crippen molar-refractivity contribution >= 4 is 5.97 Å². The van der Waals surface area contributed by atoms with E-state index in [1.807, 2.05) is 0 Å². The first kappa shape index (κ1) is 12.7. The smallest absolute Gasteiger partial charge is 0.334 e. The van der Waals surface area contributed by atoms with Crippen molar-refractivity contribution in [2.45, 2.75) is 50.9 Å². The fraction of sp³-hybridized carbons (Fsp3) is 0.562. The highest BCUT2D eigenvalue weighted by atomic mass is 16.6. The van der Waals surface area contributed by atoms with Crippen molar-refractivity contribution in [3.05, 3.63) is 36.0 Å². The lowest BCUT2D eigenvalue weighted by molar-refractivity contribution is -0.140. The van der Waals surface area contributed by atoms with E-state index in [9.17, 15) is 4.79 Å². The van der Waals surface area contributed by atoms with Crippen LogP contribution in [0.2, 0.25) is 0 Å². The van der Waals surface area contributed by atoms with Crippen LogP contribution in [0.3, 0.4) is 0 Å². The Morgan fingerprint density at radius 3 is 2.89 bits per heavy atom. The maximum absolute atomic E-state index is 11.8. The lowest BCUT2D eigenvalue weighted by Crippen LogP contribution is -2.29. The molecule has 2 saturated heterocycles. The van der Waals surface area contributed by atoms with Gasteiger partial charge in [-0.2, -0.15) is 0 Å². The number of fused-ring (bicyclic) bond motifs is 3. The quantitative estimate of drug-likeness (QED) is 0.382. The number of carbonyl (C=O) groups is 1. The Hall–Kier alpha value is -1.35. The molecule has 2 fully saturated rings. The highest BCUT2D eigenvalue weighted by Gasteiger charge is 2.61. The van der Waals surface area contributed by atoms with Gasteiger partial charge < -0.3 is 9.47 Å². The molecule has 0 aromatic heterocycles. The maximum Gasteiger partial charge on any atom is 0.334 e. The molecular weight excluding hydrogens is 240 g/mol. The van der Waals surface area contributed by atoms with Crippen molar-refractivity contribution in [3.8, 4) is 0 Å². The molecule has 1 aliphatic carbocycles. The first-order valence-corrected chi connectivity index (χ1v) is 6.85. The molecule has 0 unspecified atom stereocenters. The number of carbonyl (C=O) groups excluding carboxylic acids is 1. The van der Waals surface area contributed by atoms with Gasteiger partial charge in [-0.05, 0) is 33.1 Å². The first-order chi connectivity index (χ1) is 8.92. The van der Waals surface area contributed by atoms with E-state index in [0.717, 1.165) is 24.8 Å². The van der Waals surface area contributed by atoms with Gasteiger partial charge in [-0.15, -0.1) is 0 Å². The minimum absolute atomic E-state index is 0.00766. The van der Waals surface area contributed by atoms with Gasteiger partial charge in [-0.25, -0.2) is 4.79 Å². The molecule has 0 aromatic carbocycles. The maximum atomic E-state index is 11.8. The molecule has 0 N–H and O–H groups in total. The normalized spacial score (nSPS) is 42.1. The van der Waals surface area contributed by atoms with Crippen LogP contribution in [0.25, 0.3) is 0 Å². The van der Waals surface area contributed by atoms with Crippen molar-refractivity contribution in [1.82, 2.24) is 0 Å². The minimum atomic E-state index is -0.276. The number of epoxide rings is 1. The summed E-state index contributed by atoms with van der Waals surface area (Å²) >= 11 is 0. The molecule has 2 aliphatic heterocycles. The monoisotopic (exact) mass is 260 g/mol. The lowest BCUT2D eigenvalue weighted by Gasteiger charge is -2.20. The number of esters is 1. The molecule has 3 aliphatic rings. The van der Waals surface area contributed by atoms with Gasteiger partial charge in [0.2, 0.25) is 0 Å². The van der Waals surface area contributed by atoms with E-state index in [4.69, 9.17) is 9.47 Å². The van der Waals surface area contributed by atoms with Crippen LogP contribution in [0.4, 0.5) is 0 Å². The van der Waals surface area contributed by atoms with E-state index in [1.165, 1.54) is 5.57 Å². The van der Waals surface area contributed by atoms with Crippen LogP contribution in [0.5, 0.6) is 0 Å². The van der Waals surface area contributed by atoms with E-state index < -0.39 is 0 Å². The van der Waals surface area contributed by atoms with Crippen LogP contribution in [-0.4, -0.2) is 23.8 Å². The molecular formula is C16H20O3. The summed E-state index contributed by atoms with van der Waals surface area (Å²) in [7, 11) is 0. The molecule has 3 rings (SSSR count). The summed E-state index contributed by atoms with van der Waals surface area (Å²) in [5.41, 5.74) is 2.69. The summed E-state index contributed by atoms with van der Waals surface area (Å²) < 4.78 is 11.3. The van der Waals surface area contributed by atoms with Crippen molar-refractivity contribution in [3.63, 3.8) is 0 Å². The summed E-state index contributed by atoms with van der Waals surface area (Å²) in [5, 5.41) is 0. The SMILES string of the molecule is C=C1C[C@H]2C(=C)C(=O)O[C@@H]2[C@H]2O[C@]2(C)CCC=C1C. The molecule has 0 saturated carbocycles.